The highest BCUT2D eigenvalue weighted by molar-refractivity contribution is 5.95. The van der Waals surface area contributed by atoms with E-state index >= 15 is 0 Å². The molecule has 4 rings (SSSR count). The smallest absolute Gasteiger partial charge is 0.227 e. The van der Waals surface area contributed by atoms with Crippen LogP contribution in [0.1, 0.15) is 19.3 Å². The van der Waals surface area contributed by atoms with Crippen LogP contribution in [0.2, 0.25) is 0 Å². The molecular weight excluding hydrogens is 399 g/mol. The van der Waals surface area contributed by atoms with E-state index in [1.807, 2.05) is 6.07 Å². The number of rotatable bonds is 5. The normalized spacial score (nSPS) is 22.5. The van der Waals surface area contributed by atoms with Crippen LogP contribution in [0, 0.1) is 5.92 Å². The highest BCUT2D eigenvalue weighted by Gasteiger charge is 2.27. The van der Waals surface area contributed by atoms with Gasteiger partial charge in [-0.1, -0.05) is 0 Å². The van der Waals surface area contributed by atoms with Crippen LogP contribution in [0.25, 0.3) is 10.9 Å². The third-order valence-corrected chi connectivity index (χ3v) is 5.64. The van der Waals surface area contributed by atoms with Gasteiger partial charge in [-0.3, -0.25) is 9.69 Å². The number of hydrogen-bond donors (Lipinski definition) is 2. The van der Waals surface area contributed by atoms with Crippen LogP contribution >= 0.6 is 24.8 Å². The zero-order valence-corrected chi connectivity index (χ0v) is 17.6. The number of ether oxygens (including phenoxy) is 1. The van der Waals surface area contributed by atoms with Crippen molar-refractivity contribution in [3.63, 3.8) is 0 Å². The number of nitrogens with one attached hydrogen (secondary N) is 1. The molecule has 28 heavy (non-hydrogen) atoms. The Bertz CT molecular complexity index is 777. The molecule has 1 amide bonds. The van der Waals surface area contributed by atoms with E-state index in [1.165, 1.54) is 5.52 Å². The summed E-state index contributed by atoms with van der Waals surface area (Å²) in [5.41, 5.74) is 8.00. The summed E-state index contributed by atoms with van der Waals surface area (Å²) in [6.45, 7) is 5.70. The van der Waals surface area contributed by atoms with Crippen LogP contribution in [0.4, 0.5) is 5.69 Å². The van der Waals surface area contributed by atoms with Crippen LogP contribution < -0.4 is 11.1 Å². The first-order valence-corrected chi connectivity index (χ1v) is 9.64. The number of morpholine rings is 1. The summed E-state index contributed by atoms with van der Waals surface area (Å²) >= 11 is 0. The summed E-state index contributed by atoms with van der Waals surface area (Å²) in [7, 11) is 0. The van der Waals surface area contributed by atoms with Gasteiger partial charge in [0.25, 0.3) is 0 Å². The summed E-state index contributed by atoms with van der Waals surface area (Å²) in [6, 6.07) is 8.46. The number of carbonyl (C=O) groups is 1. The second-order valence-corrected chi connectivity index (χ2v) is 7.50. The molecule has 0 spiro atoms. The van der Waals surface area contributed by atoms with Crippen molar-refractivity contribution in [1.29, 1.82) is 0 Å². The number of nitrogens with two attached hydrogens (primary N) is 1. The molecule has 2 aliphatic rings. The van der Waals surface area contributed by atoms with Gasteiger partial charge >= 0.3 is 0 Å². The Morgan fingerprint density at radius 3 is 2.64 bits per heavy atom. The minimum Gasteiger partial charge on any atom is -0.379 e. The predicted octanol–water partition coefficient (Wildman–Crippen LogP) is 2.88. The number of hydrogen-bond acceptors (Lipinski definition) is 4. The van der Waals surface area contributed by atoms with Crippen molar-refractivity contribution in [3.8, 4) is 0 Å². The Hall–Kier alpha value is -1.31. The lowest BCUT2D eigenvalue weighted by Gasteiger charge is -2.26. The number of benzene rings is 1. The topological polar surface area (TPSA) is 72.5 Å². The van der Waals surface area contributed by atoms with Crippen LogP contribution in [0.3, 0.4) is 0 Å². The fourth-order valence-corrected chi connectivity index (χ4v) is 4.05. The van der Waals surface area contributed by atoms with Crippen molar-refractivity contribution in [2.24, 2.45) is 11.7 Å². The second-order valence-electron chi connectivity index (χ2n) is 7.50. The third-order valence-electron chi connectivity index (χ3n) is 5.64. The molecule has 0 radical (unpaired) electrons. The maximum Gasteiger partial charge on any atom is 0.227 e. The van der Waals surface area contributed by atoms with Gasteiger partial charge in [0, 0.05) is 60.9 Å². The van der Waals surface area contributed by atoms with Crippen molar-refractivity contribution in [2.45, 2.75) is 31.8 Å². The van der Waals surface area contributed by atoms with Crippen molar-refractivity contribution in [3.05, 3.63) is 30.5 Å². The monoisotopic (exact) mass is 428 g/mol. The summed E-state index contributed by atoms with van der Waals surface area (Å²) in [5.74, 6) is 0.155. The highest BCUT2D eigenvalue weighted by atomic mass is 35.5. The first-order chi connectivity index (χ1) is 12.7. The molecule has 2 aromatic rings. The Kier molecular flexibility index (Phi) is 8.58. The van der Waals surface area contributed by atoms with Gasteiger partial charge in [0.1, 0.15) is 0 Å². The molecule has 0 bridgehead atoms. The van der Waals surface area contributed by atoms with Crippen LogP contribution in [0.5, 0.6) is 0 Å². The van der Waals surface area contributed by atoms with Gasteiger partial charge in [-0.05, 0) is 43.5 Å². The number of halogens is 2. The summed E-state index contributed by atoms with van der Waals surface area (Å²) < 4.78 is 7.69. The average molecular weight is 429 g/mol. The molecular formula is C20H30Cl2N4O2. The molecule has 1 aliphatic carbocycles. The van der Waals surface area contributed by atoms with E-state index in [4.69, 9.17) is 10.5 Å². The van der Waals surface area contributed by atoms with Gasteiger partial charge in [0.05, 0.1) is 13.2 Å². The van der Waals surface area contributed by atoms with Crippen molar-refractivity contribution in [1.82, 2.24) is 9.47 Å². The Morgan fingerprint density at radius 1 is 1.14 bits per heavy atom. The third kappa shape index (κ3) is 5.39. The van der Waals surface area contributed by atoms with Crippen molar-refractivity contribution >= 4 is 47.3 Å². The van der Waals surface area contributed by atoms with Gasteiger partial charge in [0.2, 0.25) is 5.91 Å². The van der Waals surface area contributed by atoms with Crippen molar-refractivity contribution in [2.75, 3.05) is 38.2 Å². The predicted molar refractivity (Wildman–Crippen MR) is 118 cm³/mol. The lowest BCUT2D eigenvalue weighted by molar-refractivity contribution is -0.119. The van der Waals surface area contributed by atoms with Gasteiger partial charge in [-0.25, -0.2) is 0 Å². The first-order valence-electron chi connectivity index (χ1n) is 9.64. The van der Waals surface area contributed by atoms with E-state index in [2.05, 4.69) is 39.2 Å². The molecule has 2 atom stereocenters. The Labute approximate surface area is 178 Å². The maximum absolute atomic E-state index is 12.4. The maximum atomic E-state index is 12.4. The number of fused-ring (bicyclic) bond motifs is 1. The highest BCUT2D eigenvalue weighted by Crippen LogP contribution is 2.26. The van der Waals surface area contributed by atoms with E-state index in [9.17, 15) is 4.79 Å². The lowest BCUT2D eigenvalue weighted by atomic mass is 10.1. The standard InChI is InChI=1S/C20H28N4O2.2ClH/c21-17-2-1-16(13-17)20(25)22-18-3-4-19-15(14-18)5-6-24(19)8-7-23-9-11-26-12-10-23;;/h3-6,14,16-17H,1-2,7-13,21H2,(H,22,25);2*1H. The molecule has 8 heteroatoms. The SMILES string of the molecule is Cl.Cl.NC1CCC(C(=O)Nc2ccc3c(ccn3CCN3CCOCC3)c2)C1. The first kappa shape index (κ1) is 23.0. The van der Waals surface area contributed by atoms with Gasteiger partial charge in [0.15, 0.2) is 0 Å². The fourth-order valence-electron chi connectivity index (χ4n) is 4.05. The van der Waals surface area contributed by atoms with Crippen LogP contribution in [0.15, 0.2) is 30.5 Å². The molecule has 1 aromatic heterocycles. The zero-order chi connectivity index (χ0) is 17.9. The quantitative estimate of drug-likeness (QED) is 0.767. The molecule has 156 valence electrons. The average Bonchev–Trinajstić information content (AvgIpc) is 3.27. The molecule has 1 saturated carbocycles. The number of nitrogens with zero attached hydrogens (tertiary/aromatic N) is 2. The van der Waals surface area contributed by atoms with E-state index in [-0.39, 0.29) is 42.7 Å². The van der Waals surface area contributed by atoms with Crippen LogP contribution in [-0.2, 0) is 16.1 Å². The molecule has 6 nitrogen and oxygen atoms in total. The van der Waals surface area contributed by atoms with Crippen molar-refractivity contribution < 1.29 is 9.53 Å². The largest absolute Gasteiger partial charge is 0.379 e. The number of anilines is 1. The van der Waals surface area contributed by atoms with Gasteiger partial charge in [-0.2, -0.15) is 0 Å². The molecule has 1 aliphatic heterocycles. The molecule has 1 saturated heterocycles. The van der Waals surface area contributed by atoms with E-state index in [1.54, 1.807) is 0 Å². The fraction of sp³-hybridized carbons (Fsp3) is 0.550. The van der Waals surface area contributed by atoms with Crippen LogP contribution in [-0.4, -0.2) is 54.3 Å². The minimum absolute atomic E-state index is 0. The molecule has 2 heterocycles. The van der Waals surface area contributed by atoms with Gasteiger partial charge < -0.3 is 20.4 Å². The van der Waals surface area contributed by atoms with E-state index in [0.29, 0.717) is 0 Å². The van der Waals surface area contributed by atoms with E-state index in [0.717, 1.165) is 69.7 Å². The minimum atomic E-state index is 0. The number of amides is 1. The summed E-state index contributed by atoms with van der Waals surface area (Å²) in [5, 5.41) is 4.22. The van der Waals surface area contributed by atoms with E-state index < -0.39 is 0 Å². The Morgan fingerprint density at radius 2 is 1.93 bits per heavy atom. The zero-order valence-electron chi connectivity index (χ0n) is 16.0. The number of aromatic nitrogens is 1. The Balaban J connectivity index is 0.00000140. The molecule has 3 N–H and O–H groups in total. The van der Waals surface area contributed by atoms with Gasteiger partial charge in [-0.15, -0.1) is 24.8 Å². The number of carbonyl (C=O) groups excluding carboxylic acids is 1. The second kappa shape index (κ2) is 10.5. The molecule has 2 fully saturated rings. The molecule has 2 unspecified atom stereocenters. The lowest BCUT2D eigenvalue weighted by Crippen LogP contribution is -2.38. The summed E-state index contributed by atoms with van der Waals surface area (Å²) in [6.07, 6.45) is 4.77. The summed E-state index contributed by atoms with van der Waals surface area (Å²) in [4.78, 5) is 14.8. The molecule has 1 aromatic carbocycles.